The summed E-state index contributed by atoms with van der Waals surface area (Å²) in [5.74, 6) is 6.41. The topological polar surface area (TPSA) is 17.1 Å². The van der Waals surface area contributed by atoms with Crippen LogP contribution in [0.15, 0.2) is 0 Å². The Morgan fingerprint density at radius 2 is 1.64 bits per heavy atom. The zero-order valence-corrected chi connectivity index (χ0v) is 19.4. The van der Waals surface area contributed by atoms with Crippen LogP contribution < -0.4 is 0 Å². The summed E-state index contributed by atoms with van der Waals surface area (Å²) in [6, 6.07) is 0. The smallest absolute Gasteiger partial charge is 0.136 e. The van der Waals surface area contributed by atoms with Crippen LogP contribution in [0.1, 0.15) is 112 Å². The first-order valence-corrected chi connectivity index (χ1v) is 12.8. The molecule has 0 aliphatic heterocycles. The van der Waals surface area contributed by atoms with E-state index in [0.717, 1.165) is 48.3 Å². The van der Waals surface area contributed by atoms with Gasteiger partial charge < -0.3 is 0 Å². The van der Waals surface area contributed by atoms with Crippen molar-refractivity contribution >= 4 is 5.78 Å². The lowest BCUT2D eigenvalue weighted by atomic mass is 9.44. The van der Waals surface area contributed by atoms with Gasteiger partial charge in [-0.2, -0.15) is 0 Å². The highest BCUT2D eigenvalue weighted by molar-refractivity contribution is 5.82. The van der Waals surface area contributed by atoms with Gasteiger partial charge in [-0.25, -0.2) is 0 Å². The molecule has 0 bridgehead atoms. The summed E-state index contributed by atoms with van der Waals surface area (Å²) in [7, 11) is 0. The Balaban J connectivity index is 1.48. The number of ketones is 1. The number of rotatable bonds is 5. The first-order valence-electron chi connectivity index (χ1n) is 12.8. The van der Waals surface area contributed by atoms with Crippen molar-refractivity contribution in [2.45, 2.75) is 112 Å². The lowest BCUT2D eigenvalue weighted by molar-refractivity contribution is -0.149. The summed E-state index contributed by atoms with van der Waals surface area (Å²) in [5, 5.41) is 0. The molecular weight excluding hydrogens is 340 g/mol. The molecule has 0 aromatic rings. The largest absolute Gasteiger partial charge is 0.299 e. The van der Waals surface area contributed by atoms with E-state index in [1.807, 2.05) is 0 Å². The first-order chi connectivity index (χ1) is 13.3. The molecule has 160 valence electrons. The van der Waals surface area contributed by atoms with Crippen LogP contribution in [0, 0.1) is 52.3 Å². The molecule has 4 fully saturated rings. The van der Waals surface area contributed by atoms with E-state index in [9.17, 15) is 4.79 Å². The Kier molecular flexibility index (Phi) is 5.78. The van der Waals surface area contributed by atoms with Crippen LogP contribution in [0.2, 0.25) is 0 Å². The molecule has 0 amide bonds. The molecule has 4 saturated carbocycles. The number of Topliss-reactive ketones (excluding diaryl/α,β-unsaturated/α-hetero) is 1. The van der Waals surface area contributed by atoms with Gasteiger partial charge in [0.15, 0.2) is 0 Å². The Hall–Kier alpha value is -0.330. The highest BCUT2D eigenvalue weighted by Gasteiger charge is 2.61. The molecule has 28 heavy (non-hydrogen) atoms. The van der Waals surface area contributed by atoms with Crippen molar-refractivity contribution in [1.82, 2.24) is 0 Å². The van der Waals surface area contributed by atoms with Gasteiger partial charge in [0.1, 0.15) is 5.78 Å². The number of carbonyl (C=O) groups excluding carboxylic acids is 1. The van der Waals surface area contributed by atoms with E-state index in [1.165, 1.54) is 64.2 Å². The summed E-state index contributed by atoms with van der Waals surface area (Å²) in [4.78, 5) is 12.7. The van der Waals surface area contributed by atoms with E-state index >= 15 is 0 Å². The monoisotopic (exact) mass is 386 g/mol. The van der Waals surface area contributed by atoms with Gasteiger partial charge in [-0.1, -0.05) is 53.9 Å². The lowest BCUT2D eigenvalue weighted by Gasteiger charge is -2.60. The third-order valence-corrected chi connectivity index (χ3v) is 10.6. The van der Waals surface area contributed by atoms with Crippen molar-refractivity contribution in [2.24, 2.45) is 52.3 Å². The molecule has 0 spiro atoms. The van der Waals surface area contributed by atoms with Crippen molar-refractivity contribution in [3.8, 4) is 0 Å². The molecule has 0 saturated heterocycles. The van der Waals surface area contributed by atoms with Crippen LogP contribution in [0.4, 0.5) is 0 Å². The van der Waals surface area contributed by atoms with Gasteiger partial charge in [0.05, 0.1) is 0 Å². The van der Waals surface area contributed by atoms with Crippen molar-refractivity contribution in [3.05, 3.63) is 0 Å². The van der Waals surface area contributed by atoms with E-state index in [1.54, 1.807) is 0 Å². The second-order valence-corrected chi connectivity index (χ2v) is 12.4. The number of hydrogen-bond donors (Lipinski definition) is 0. The summed E-state index contributed by atoms with van der Waals surface area (Å²) in [6.45, 7) is 12.5. The van der Waals surface area contributed by atoms with Gasteiger partial charge >= 0.3 is 0 Å². The number of carbonyl (C=O) groups is 1. The van der Waals surface area contributed by atoms with E-state index in [-0.39, 0.29) is 0 Å². The van der Waals surface area contributed by atoms with Gasteiger partial charge in [-0.15, -0.1) is 0 Å². The van der Waals surface area contributed by atoms with Gasteiger partial charge in [0.2, 0.25) is 0 Å². The zero-order chi connectivity index (χ0) is 20.1. The summed E-state index contributed by atoms with van der Waals surface area (Å²) in [6.07, 6.45) is 16.0. The van der Waals surface area contributed by atoms with E-state index in [4.69, 9.17) is 0 Å². The minimum absolute atomic E-state index is 0.334. The summed E-state index contributed by atoms with van der Waals surface area (Å²) in [5.41, 5.74) is 0.917. The maximum Gasteiger partial charge on any atom is 0.136 e. The quantitative estimate of drug-likeness (QED) is 0.473. The Labute approximate surface area is 174 Å². The average molecular weight is 387 g/mol. The van der Waals surface area contributed by atoms with Crippen LogP contribution >= 0.6 is 0 Å². The van der Waals surface area contributed by atoms with Crippen molar-refractivity contribution in [2.75, 3.05) is 0 Å². The molecule has 4 aliphatic rings. The van der Waals surface area contributed by atoms with Crippen molar-refractivity contribution < 1.29 is 4.79 Å². The van der Waals surface area contributed by atoms with Crippen LogP contribution in [-0.4, -0.2) is 5.78 Å². The fourth-order valence-electron chi connectivity index (χ4n) is 9.19. The van der Waals surface area contributed by atoms with E-state index in [0.29, 0.717) is 22.5 Å². The standard InChI is InChI=1S/C27H46O/c1-18(2)8-6-9-19(3)21-13-14-22-20-11-12-24-25(28)10-7-16-26(24,4)23(20)15-17-27(21,22)5/h18-24H,6-17H2,1-5H3/t19-,20+,21-,22+,23+,24?,26-,27-/m1/s1. The van der Waals surface area contributed by atoms with E-state index in [2.05, 4.69) is 34.6 Å². The predicted molar refractivity (Wildman–Crippen MR) is 118 cm³/mol. The van der Waals surface area contributed by atoms with Gasteiger partial charge in [0, 0.05) is 12.3 Å². The van der Waals surface area contributed by atoms with Gasteiger partial charge in [-0.3, -0.25) is 4.79 Å². The van der Waals surface area contributed by atoms with Gasteiger partial charge in [0.25, 0.3) is 0 Å². The predicted octanol–water partition coefficient (Wildman–Crippen LogP) is 7.68. The Morgan fingerprint density at radius 3 is 2.39 bits per heavy atom. The molecule has 8 atom stereocenters. The number of hydrogen-bond acceptors (Lipinski definition) is 1. The summed E-state index contributed by atoms with van der Waals surface area (Å²) >= 11 is 0. The SMILES string of the molecule is CC(C)CCC[C@@H](C)[C@H]1CC[C@H]2[C@@H]3CCC4C(=O)CCC[C@]4(C)[C@H]3CC[C@]12C. The van der Waals surface area contributed by atoms with Crippen LogP contribution in [-0.2, 0) is 4.79 Å². The molecule has 1 heteroatoms. The maximum atomic E-state index is 12.7. The number of fused-ring (bicyclic) bond motifs is 5. The molecular formula is C27H46O. The van der Waals surface area contributed by atoms with Crippen molar-refractivity contribution in [3.63, 3.8) is 0 Å². The third-order valence-electron chi connectivity index (χ3n) is 10.6. The maximum absolute atomic E-state index is 12.7. The van der Waals surface area contributed by atoms with Crippen LogP contribution in [0.25, 0.3) is 0 Å². The molecule has 1 unspecified atom stereocenters. The third kappa shape index (κ3) is 3.31. The first kappa shape index (κ1) is 20.9. The van der Waals surface area contributed by atoms with E-state index < -0.39 is 0 Å². The molecule has 4 aliphatic carbocycles. The van der Waals surface area contributed by atoms with Crippen molar-refractivity contribution in [1.29, 1.82) is 0 Å². The molecule has 4 rings (SSSR count). The molecule has 0 aromatic heterocycles. The highest BCUT2D eigenvalue weighted by Crippen LogP contribution is 2.68. The molecule has 0 N–H and O–H groups in total. The fraction of sp³-hybridized carbons (Fsp3) is 0.963. The molecule has 1 nitrogen and oxygen atoms in total. The molecule has 0 radical (unpaired) electrons. The summed E-state index contributed by atoms with van der Waals surface area (Å²) < 4.78 is 0. The molecule has 0 aromatic carbocycles. The fourth-order valence-corrected chi connectivity index (χ4v) is 9.19. The molecule has 0 heterocycles. The normalized spacial score (nSPS) is 46.8. The minimum Gasteiger partial charge on any atom is -0.299 e. The Bertz CT molecular complexity index is 579. The second-order valence-electron chi connectivity index (χ2n) is 12.4. The highest BCUT2D eigenvalue weighted by atomic mass is 16.1. The minimum atomic E-state index is 0.334. The zero-order valence-electron chi connectivity index (χ0n) is 19.4. The average Bonchev–Trinajstić information content (AvgIpc) is 2.98. The van der Waals surface area contributed by atoms with Gasteiger partial charge in [-0.05, 0) is 97.7 Å². The van der Waals surface area contributed by atoms with Crippen LogP contribution in [0.3, 0.4) is 0 Å². The Morgan fingerprint density at radius 1 is 0.893 bits per heavy atom. The second kappa shape index (κ2) is 7.73. The van der Waals surface area contributed by atoms with Crippen LogP contribution in [0.5, 0.6) is 0 Å². The lowest BCUT2D eigenvalue weighted by Crippen LogP contribution is -2.54.